The lowest BCUT2D eigenvalue weighted by atomic mass is 10.3. The molecule has 0 fully saturated rings. The number of hydrogen-bond donors (Lipinski definition) is 1. The fraction of sp³-hybridized carbons (Fsp3) is 0.556. The molecule has 5 nitrogen and oxygen atoms in total. The number of thioether (sulfide) groups is 2. The van der Waals surface area contributed by atoms with Gasteiger partial charge in [0.25, 0.3) is 0 Å². The molecule has 0 aromatic carbocycles. The van der Waals surface area contributed by atoms with Gasteiger partial charge in [0.15, 0.2) is 0 Å². The molecule has 0 aliphatic carbocycles. The van der Waals surface area contributed by atoms with Crippen LogP contribution in [0.4, 0.5) is 0 Å². The molecule has 0 atom stereocenters. The Balaban J connectivity index is 2.29. The summed E-state index contributed by atoms with van der Waals surface area (Å²) in [7, 11) is -3.75. The van der Waals surface area contributed by atoms with E-state index in [2.05, 4.69) is 9.38 Å². The molecule has 9 heteroatoms. The Kier molecular flexibility index (Phi) is 6.64. The second-order valence-corrected chi connectivity index (χ2v) is 7.68. The Hall–Kier alpha value is -0.0900. The number of thiazole rings is 1. The van der Waals surface area contributed by atoms with Crippen LogP contribution >= 0.6 is 34.9 Å². The fourth-order valence-corrected chi connectivity index (χ4v) is 3.96. The Bertz CT molecular complexity index is 510. The normalized spacial score (nSPS) is 12.9. The van der Waals surface area contributed by atoms with Crippen molar-refractivity contribution >= 4 is 50.8 Å². The smallest absolute Gasteiger partial charge is 0.234 e. The molecule has 0 amide bonds. The zero-order chi connectivity index (χ0) is 13.6. The lowest BCUT2D eigenvalue weighted by Crippen LogP contribution is -2.11. The van der Waals surface area contributed by atoms with Crippen LogP contribution in [0.3, 0.4) is 0 Å². The highest BCUT2D eigenvalue weighted by atomic mass is 32.2. The minimum Gasteiger partial charge on any atom is -0.234 e. The number of nitrogens with two attached hydrogens (primary N) is 1. The molecular weight excluding hydrogens is 310 g/mol. The highest BCUT2D eigenvalue weighted by Gasteiger charge is 2.03. The summed E-state index contributed by atoms with van der Waals surface area (Å²) in [6.45, 7) is 1.67. The summed E-state index contributed by atoms with van der Waals surface area (Å²) in [5.41, 5.74) is 1.60. The van der Waals surface area contributed by atoms with E-state index in [9.17, 15) is 8.42 Å². The minimum absolute atomic E-state index is 0.535. The summed E-state index contributed by atoms with van der Waals surface area (Å²) in [5, 5.41) is 6.86. The zero-order valence-electron chi connectivity index (χ0n) is 10.1. The molecule has 0 bridgehead atoms. The maximum absolute atomic E-state index is 10.7. The SMILES string of the molecule is CSc1nc(CSCC/C(C)=N/S(N)(=O)=O)cs1. The summed E-state index contributed by atoms with van der Waals surface area (Å²) in [4.78, 5) is 4.42. The van der Waals surface area contributed by atoms with Gasteiger partial charge in [-0.25, -0.2) is 10.1 Å². The molecule has 18 heavy (non-hydrogen) atoms. The van der Waals surface area contributed by atoms with Crippen LogP contribution in [0.5, 0.6) is 0 Å². The van der Waals surface area contributed by atoms with Gasteiger partial charge >= 0.3 is 10.2 Å². The number of aromatic nitrogens is 1. The number of rotatable bonds is 7. The predicted octanol–water partition coefficient (Wildman–Crippen LogP) is 2.15. The Labute approximate surface area is 120 Å². The minimum atomic E-state index is -3.75. The third-order valence-corrected chi connectivity index (χ3v) is 5.32. The lowest BCUT2D eigenvalue weighted by Gasteiger charge is -1.99. The van der Waals surface area contributed by atoms with Crippen LogP contribution in [0.1, 0.15) is 19.0 Å². The quantitative estimate of drug-likeness (QED) is 0.471. The van der Waals surface area contributed by atoms with E-state index < -0.39 is 10.2 Å². The van der Waals surface area contributed by atoms with Crippen molar-refractivity contribution in [2.24, 2.45) is 9.54 Å². The molecule has 0 aliphatic heterocycles. The molecule has 1 rings (SSSR count). The van der Waals surface area contributed by atoms with Gasteiger partial charge in [-0.05, 0) is 25.4 Å². The largest absolute Gasteiger partial charge is 0.317 e. The molecule has 1 aromatic rings. The average molecular weight is 326 g/mol. The third-order valence-electron chi connectivity index (χ3n) is 1.85. The van der Waals surface area contributed by atoms with Gasteiger partial charge in [-0.2, -0.15) is 24.6 Å². The molecular formula is C9H15N3O2S4. The monoisotopic (exact) mass is 325 g/mol. The number of nitrogens with zero attached hydrogens (tertiary/aromatic N) is 2. The van der Waals surface area contributed by atoms with E-state index in [1.54, 1.807) is 41.8 Å². The maximum Gasteiger partial charge on any atom is 0.317 e. The standard InChI is InChI=1S/C9H15N3O2S4/c1-7(12-18(10,13)14)3-4-16-5-8-6-17-9(11-8)15-2/h6H,3-5H2,1-2H3,(H2,10,13,14)/b12-7+. The van der Waals surface area contributed by atoms with Gasteiger partial charge in [0.1, 0.15) is 4.34 Å². The Morgan fingerprint density at radius 2 is 2.33 bits per heavy atom. The van der Waals surface area contributed by atoms with Crippen LogP contribution in [-0.2, 0) is 16.0 Å². The van der Waals surface area contributed by atoms with Crippen molar-refractivity contribution in [2.45, 2.75) is 23.4 Å². The Morgan fingerprint density at radius 3 is 2.89 bits per heavy atom. The molecule has 0 radical (unpaired) electrons. The van der Waals surface area contributed by atoms with Crippen LogP contribution < -0.4 is 5.14 Å². The van der Waals surface area contributed by atoms with Crippen molar-refractivity contribution in [1.29, 1.82) is 0 Å². The second-order valence-electron chi connectivity index (χ2n) is 3.45. The highest BCUT2D eigenvalue weighted by molar-refractivity contribution is 8.00. The lowest BCUT2D eigenvalue weighted by molar-refractivity contribution is 0.599. The first-order valence-electron chi connectivity index (χ1n) is 5.05. The highest BCUT2D eigenvalue weighted by Crippen LogP contribution is 2.22. The summed E-state index contributed by atoms with van der Waals surface area (Å²) < 4.78 is 25.9. The average Bonchev–Trinajstić information content (AvgIpc) is 2.70. The summed E-state index contributed by atoms with van der Waals surface area (Å²) in [6.07, 6.45) is 2.61. The molecule has 0 unspecified atom stereocenters. The van der Waals surface area contributed by atoms with Crippen molar-refractivity contribution in [3.05, 3.63) is 11.1 Å². The van der Waals surface area contributed by atoms with E-state index in [-0.39, 0.29) is 0 Å². The van der Waals surface area contributed by atoms with Gasteiger partial charge in [0.05, 0.1) is 5.69 Å². The van der Waals surface area contributed by atoms with E-state index >= 15 is 0 Å². The summed E-state index contributed by atoms with van der Waals surface area (Å²) in [6, 6.07) is 0. The molecule has 0 saturated carbocycles. The van der Waals surface area contributed by atoms with Gasteiger partial charge < -0.3 is 0 Å². The third kappa shape index (κ3) is 6.74. The van der Waals surface area contributed by atoms with E-state index in [1.165, 1.54) is 0 Å². The van der Waals surface area contributed by atoms with Crippen LogP contribution in [0.25, 0.3) is 0 Å². The maximum atomic E-state index is 10.7. The van der Waals surface area contributed by atoms with Gasteiger partial charge in [-0.3, -0.25) is 0 Å². The summed E-state index contributed by atoms with van der Waals surface area (Å²) in [5.74, 6) is 1.64. The van der Waals surface area contributed by atoms with Crippen LogP contribution in [0.15, 0.2) is 14.1 Å². The molecule has 0 saturated heterocycles. The Morgan fingerprint density at radius 1 is 1.61 bits per heavy atom. The van der Waals surface area contributed by atoms with Crippen molar-refractivity contribution in [1.82, 2.24) is 4.98 Å². The van der Waals surface area contributed by atoms with Crippen molar-refractivity contribution < 1.29 is 8.42 Å². The van der Waals surface area contributed by atoms with Crippen LogP contribution in [0, 0.1) is 0 Å². The topological polar surface area (TPSA) is 85.4 Å². The van der Waals surface area contributed by atoms with Gasteiger partial charge in [0.2, 0.25) is 0 Å². The number of hydrogen-bond acceptors (Lipinski definition) is 6. The van der Waals surface area contributed by atoms with Crippen LogP contribution in [-0.4, -0.2) is 31.1 Å². The molecule has 1 heterocycles. The molecule has 102 valence electrons. The van der Waals surface area contributed by atoms with Gasteiger partial charge in [-0.15, -0.1) is 11.3 Å². The molecule has 2 N–H and O–H groups in total. The van der Waals surface area contributed by atoms with E-state index in [0.29, 0.717) is 12.1 Å². The van der Waals surface area contributed by atoms with Crippen molar-refractivity contribution in [3.8, 4) is 0 Å². The first-order chi connectivity index (χ1) is 8.40. The van der Waals surface area contributed by atoms with Crippen LogP contribution in [0.2, 0.25) is 0 Å². The van der Waals surface area contributed by atoms with Crippen molar-refractivity contribution in [3.63, 3.8) is 0 Å². The zero-order valence-corrected chi connectivity index (χ0v) is 13.4. The fourth-order valence-electron chi connectivity index (χ4n) is 1.11. The first-order valence-corrected chi connectivity index (χ1v) is 9.81. The summed E-state index contributed by atoms with van der Waals surface area (Å²) >= 11 is 4.98. The molecule has 1 aromatic heterocycles. The van der Waals surface area contributed by atoms with Crippen molar-refractivity contribution in [2.75, 3.05) is 12.0 Å². The predicted molar refractivity (Wildman–Crippen MR) is 80.9 cm³/mol. The second kappa shape index (κ2) is 7.49. The first kappa shape index (κ1) is 16.0. The van der Waals surface area contributed by atoms with Gasteiger partial charge in [-0.1, -0.05) is 11.8 Å². The molecule has 0 aliphatic rings. The van der Waals surface area contributed by atoms with E-state index in [1.807, 2.05) is 11.6 Å². The van der Waals surface area contributed by atoms with Gasteiger partial charge in [0, 0.05) is 16.8 Å². The van der Waals surface area contributed by atoms with E-state index in [0.717, 1.165) is 21.5 Å². The molecule has 0 spiro atoms. The van der Waals surface area contributed by atoms with E-state index in [4.69, 9.17) is 5.14 Å².